The molecule has 2 bridgehead atoms. The molecule has 3 fully saturated rings. The Balaban J connectivity index is 2.09. The number of amides is 2. The van der Waals surface area contributed by atoms with Crippen LogP contribution in [0.15, 0.2) is 0 Å². The molecule has 200 valence electrons. The second kappa shape index (κ2) is 9.33. The van der Waals surface area contributed by atoms with Crippen molar-refractivity contribution in [2.75, 3.05) is 13.2 Å². The van der Waals surface area contributed by atoms with Gasteiger partial charge in [0.25, 0.3) is 0 Å². The molecule has 2 N–H and O–H groups in total. The lowest BCUT2D eigenvalue weighted by Crippen LogP contribution is -2.62. The zero-order chi connectivity index (χ0) is 26.6. The van der Waals surface area contributed by atoms with Gasteiger partial charge in [-0.05, 0) is 58.3 Å². The normalized spacial score (nSPS) is 34.1. The Hall–Kier alpha value is -1.67. The van der Waals surface area contributed by atoms with E-state index in [1.165, 1.54) is 0 Å². The molecule has 8 nitrogen and oxygen atoms in total. The molecule has 2 unspecified atom stereocenters. The highest BCUT2D eigenvalue weighted by molar-refractivity contribution is 5.98. The molecule has 2 amide bonds. The van der Waals surface area contributed by atoms with Crippen LogP contribution in [0.2, 0.25) is 0 Å². The first-order chi connectivity index (χ1) is 16.1. The summed E-state index contributed by atoms with van der Waals surface area (Å²) in [6.07, 6.45) is 2.54. The summed E-state index contributed by atoms with van der Waals surface area (Å²) in [6.45, 7) is 17.9. The van der Waals surface area contributed by atoms with Crippen molar-refractivity contribution in [1.82, 2.24) is 10.2 Å². The first-order valence-corrected chi connectivity index (χ1v) is 13.2. The summed E-state index contributed by atoms with van der Waals surface area (Å²) in [5.74, 6) is -2.65. The molecule has 0 saturated carbocycles. The molecule has 0 aliphatic carbocycles. The van der Waals surface area contributed by atoms with Crippen molar-refractivity contribution in [3.8, 4) is 0 Å². The number of aliphatic hydroxyl groups is 1. The molecule has 3 saturated heterocycles. The van der Waals surface area contributed by atoms with Gasteiger partial charge in [-0.1, -0.05) is 41.0 Å². The molecule has 0 aromatic rings. The number of fused-ring (bicyclic) bond motifs is 1. The summed E-state index contributed by atoms with van der Waals surface area (Å²) in [6, 6.07) is -1.47. The van der Waals surface area contributed by atoms with Crippen LogP contribution in [0.25, 0.3) is 0 Å². The lowest BCUT2D eigenvalue weighted by molar-refractivity contribution is -0.161. The molecule has 3 rings (SSSR count). The number of rotatable bonds is 9. The van der Waals surface area contributed by atoms with Crippen LogP contribution in [0.1, 0.15) is 88.0 Å². The van der Waals surface area contributed by atoms with E-state index in [4.69, 9.17) is 9.47 Å². The molecule has 7 atom stereocenters. The summed E-state index contributed by atoms with van der Waals surface area (Å²) in [4.78, 5) is 42.8. The minimum atomic E-state index is -1.12. The van der Waals surface area contributed by atoms with E-state index < -0.39 is 46.6 Å². The van der Waals surface area contributed by atoms with Gasteiger partial charge in [-0.15, -0.1) is 0 Å². The minimum absolute atomic E-state index is 0.0159. The Bertz CT molecular complexity index is 851. The fourth-order valence-corrected chi connectivity index (χ4v) is 7.20. The Kier molecular flexibility index (Phi) is 7.44. The van der Waals surface area contributed by atoms with Gasteiger partial charge in [0.2, 0.25) is 11.8 Å². The van der Waals surface area contributed by atoms with Crippen LogP contribution in [0.3, 0.4) is 0 Å². The lowest BCUT2D eigenvalue weighted by atomic mass is 9.66. The SMILES string of the molecule is CCOC(=O)[C@@H]1[C@H]2C(=O)N([C@@H](CO)[C@@H](C)CC)C(C(=O)NC(C)(C)CC(C)(C)C)C23CC[C@@]1(C)O3. The van der Waals surface area contributed by atoms with Gasteiger partial charge in [0.15, 0.2) is 0 Å². The number of ether oxygens (including phenoxy) is 2. The molecule has 0 aromatic heterocycles. The molecule has 8 heteroatoms. The van der Waals surface area contributed by atoms with Gasteiger partial charge in [-0.2, -0.15) is 0 Å². The highest BCUT2D eigenvalue weighted by Gasteiger charge is 2.79. The van der Waals surface area contributed by atoms with Gasteiger partial charge in [-0.25, -0.2) is 0 Å². The first-order valence-electron chi connectivity index (χ1n) is 13.2. The summed E-state index contributed by atoms with van der Waals surface area (Å²) in [7, 11) is 0. The second-order valence-corrected chi connectivity index (χ2v) is 13.0. The van der Waals surface area contributed by atoms with E-state index in [0.717, 1.165) is 12.8 Å². The third-order valence-corrected chi connectivity index (χ3v) is 8.28. The van der Waals surface area contributed by atoms with E-state index in [2.05, 4.69) is 26.1 Å². The Morgan fingerprint density at radius 1 is 1.23 bits per heavy atom. The van der Waals surface area contributed by atoms with Crippen LogP contribution < -0.4 is 5.32 Å². The van der Waals surface area contributed by atoms with Crippen LogP contribution in [-0.4, -0.2) is 69.8 Å². The van der Waals surface area contributed by atoms with Crippen LogP contribution in [0, 0.1) is 23.2 Å². The monoisotopic (exact) mass is 494 g/mol. The second-order valence-electron chi connectivity index (χ2n) is 13.0. The molecular formula is C27H46N2O6. The maximum atomic E-state index is 14.1. The molecule has 0 aromatic carbocycles. The van der Waals surface area contributed by atoms with Gasteiger partial charge >= 0.3 is 5.97 Å². The van der Waals surface area contributed by atoms with Crippen molar-refractivity contribution in [1.29, 1.82) is 0 Å². The number of esters is 1. The van der Waals surface area contributed by atoms with Crippen molar-refractivity contribution in [2.45, 2.75) is 117 Å². The topological polar surface area (TPSA) is 105 Å². The van der Waals surface area contributed by atoms with E-state index >= 15 is 0 Å². The third-order valence-electron chi connectivity index (χ3n) is 8.28. The maximum absolute atomic E-state index is 14.1. The number of carbonyl (C=O) groups is 3. The number of nitrogens with one attached hydrogen (secondary N) is 1. The molecule has 3 aliphatic rings. The maximum Gasteiger partial charge on any atom is 0.312 e. The van der Waals surface area contributed by atoms with Gasteiger partial charge in [0, 0.05) is 5.54 Å². The predicted molar refractivity (Wildman–Crippen MR) is 132 cm³/mol. The Labute approximate surface area is 210 Å². The Morgan fingerprint density at radius 3 is 2.37 bits per heavy atom. The molecule has 3 heterocycles. The van der Waals surface area contributed by atoms with Gasteiger partial charge < -0.3 is 24.8 Å². The molecule has 1 spiro atoms. The van der Waals surface area contributed by atoms with Gasteiger partial charge in [0.05, 0.1) is 30.8 Å². The average Bonchev–Trinajstić information content (AvgIpc) is 3.27. The van der Waals surface area contributed by atoms with E-state index in [9.17, 15) is 19.5 Å². The zero-order valence-electron chi connectivity index (χ0n) is 23.1. The largest absolute Gasteiger partial charge is 0.466 e. The zero-order valence-corrected chi connectivity index (χ0v) is 23.1. The molecule has 3 aliphatic heterocycles. The van der Waals surface area contributed by atoms with E-state index in [1.54, 1.807) is 11.8 Å². The number of likely N-dealkylation sites (tertiary alicyclic amines) is 1. The first kappa shape index (κ1) is 27.9. The highest BCUT2D eigenvalue weighted by atomic mass is 16.6. The van der Waals surface area contributed by atoms with Crippen molar-refractivity contribution in [3.63, 3.8) is 0 Å². The fourth-order valence-electron chi connectivity index (χ4n) is 7.20. The van der Waals surface area contributed by atoms with Crippen LogP contribution in [-0.2, 0) is 23.9 Å². The summed E-state index contributed by atoms with van der Waals surface area (Å²) in [5.41, 5.74) is -2.52. The van der Waals surface area contributed by atoms with Crippen LogP contribution in [0.5, 0.6) is 0 Å². The molecule has 0 radical (unpaired) electrons. The summed E-state index contributed by atoms with van der Waals surface area (Å²) >= 11 is 0. The number of nitrogens with zero attached hydrogens (tertiary/aromatic N) is 1. The lowest BCUT2D eigenvalue weighted by Gasteiger charge is -2.41. The number of aliphatic hydroxyl groups excluding tert-OH is 1. The average molecular weight is 495 g/mol. The highest BCUT2D eigenvalue weighted by Crippen LogP contribution is 2.63. The summed E-state index contributed by atoms with van der Waals surface area (Å²) < 4.78 is 12.0. The molecular weight excluding hydrogens is 448 g/mol. The van der Waals surface area contributed by atoms with Crippen LogP contribution in [0.4, 0.5) is 0 Å². The summed E-state index contributed by atoms with van der Waals surface area (Å²) in [5, 5.41) is 13.6. The van der Waals surface area contributed by atoms with Gasteiger partial charge in [-0.3, -0.25) is 14.4 Å². The number of hydrogen-bond donors (Lipinski definition) is 2. The van der Waals surface area contributed by atoms with E-state index in [1.807, 2.05) is 34.6 Å². The van der Waals surface area contributed by atoms with Crippen molar-refractivity contribution in [3.05, 3.63) is 0 Å². The molecule has 35 heavy (non-hydrogen) atoms. The van der Waals surface area contributed by atoms with Crippen LogP contribution >= 0.6 is 0 Å². The van der Waals surface area contributed by atoms with Crippen molar-refractivity contribution in [2.24, 2.45) is 23.2 Å². The van der Waals surface area contributed by atoms with Crippen molar-refractivity contribution >= 4 is 17.8 Å². The fraction of sp³-hybridized carbons (Fsp3) is 0.889. The third kappa shape index (κ3) is 4.73. The van der Waals surface area contributed by atoms with E-state index in [0.29, 0.717) is 12.8 Å². The predicted octanol–water partition coefficient (Wildman–Crippen LogP) is 3.05. The number of carbonyl (C=O) groups excluding carboxylic acids is 3. The smallest absolute Gasteiger partial charge is 0.312 e. The standard InChI is InChI=1S/C27H46N2O6/c1-10-16(3)17(14-30)29-20(21(31)28-25(7,8)15-24(4,5)6)27-13-12-26(9,35-27)19(18(27)22(29)32)23(33)34-11-2/h16-20,30H,10-15H2,1-9H3,(H,28,31)/t16-,17-,18-,19-,20?,26+,27?/m0/s1. The quantitative estimate of drug-likeness (QED) is 0.478. The van der Waals surface area contributed by atoms with E-state index in [-0.39, 0.29) is 36.4 Å². The van der Waals surface area contributed by atoms with Crippen molar-refractivity contribution < 1.29 is 29.0 Å². The van der Waals surface area contributed by atoms with Gasteiger partial charge in [0.1, 0.15) is 17.6 Å². The minimum Gasteiger partial charge on any atom is -0.466 e. The number of hydrogen-bond acceptors (Lipinski definition) is 6. The Morgan fingerprint density at radius 2 is 1.86 bits per heavy atom.